The number of nitrogens with one attached hydrogen (secondary N) is 2. The van der Waals surface area contributed by atoms with Gasteiger partial charge in [-0.25, -0.2) is 0 Å². The Morgan fingerprint density at radius 3 is 2.52 bits per heavy atom. The van der Waals surface area contributed by atoms with E-state index in [1.165, 1.54) is 12.1 Å². The summed E-state index contributed by atoms with van der Waals surface area (Å²) in [5.74, 6) is -1.49. The fourth-order valence-electron chi connectivity index (χ4n) is 2.48. The van der Waals surface area contributed by atoms with Gasteiger partial charge in [0.05, 0.1) is 5.56 Å². The summed E-state index contributed by atoms with van der Waals surface area (Å²) in [5, 5.41) is 5.11. The van der Waals surface area contributed by atoms with Crippen molar-refractivity contribution in [1.29, 1.82) is 0 Å². The molecule has 7 heteroatoms. The molecule has 0 aliphatic heterocycles. The van der Waals surface area contributed by atoms with Crippen LogP contribution in [0.15, 0.2) is 36.9 Å². The topological polar surface area (TPSA) is 58.2 Å². The number of hydrogen-bond donors (Lipinski definition) is 2. The van der Waals surface area contributed by atoms with Gasteiger partial charge in [0.25, 0.3) is 0 Å². The van der Waals surface area contributed by atoms with E-state index in [0.717, 1.165) is 12.1 Å². The zero-order valence-corrected chi connectivity index (χ0v) is 12.3. The second kappa shape index (κ2) is 6.85. The molecule has 1 aromatic rings. The Labute approximate surface area is 131 Å². The predicted molar refractivity (Wildman–Crippen MR) is 78.5 cm³/mol. The number of amides is 2. The number of rotatable bonds is 6. The quantitative estimate of drug-likeness (QED) is 0.622. The molecule has 2 amide bonds. The van der Waals surface area contributed by atoms with E-state index in [-0.39, 0.29) is 30.5 Å². The fraction of sp³-hybridized carbons (Fsp3) is 0.375. The van der Waals surface area contributed by atoms with Crippen molar-refractivity contribution in [2.75, 3.05) is 13.1 Å². The van der Waals surface area contributed by atoms with Crippen LogP contribution in [0, 0.1) is 5.92 Å². The first-order chi connectivity index (χ1) is 10.8. The molecule has 0 spiro atoms. The SMILES string of the molecule is C=CC(=O)NCCNC(=O)[C@@H]1C[C@H]1c1ccccc1C(F)(F)F. The Bertz CT molecular complexity index is 614. The number of benzene rings is 1. The zero-order valence-electron chi connectivity index (χ0n) is 12.3. The number of hydrogen-bond acceptors (Lipinski definition) is 2. The van der Waals surface area contributed by atoms with E-state index >= 15 is 0 Å². The number of carbonyl (C=O) groups is 2. The Morgan fingerprint density at radius 1 is 1.22 bits per heavy atom. The van der Waals surface area contributed by atoms with E-state index in [2.05, 4.69) is 17.2 Å². The van der Waals surface area contributed by atoms with Gasteiger partial charge in [0.2, 0.25) is 11.8 Å². The van der Waals surface area contributed by atoms with Gasteiger partial charge in [0.1, 0.15) is 0 Å². The van der Waals surface area contributed by atoms with Crippen molar-refractivity contribution in [3.8, 4) is 0 Å². The molecule has 0 saturated heterocycles. The van der Waals surface area contributed by atoms with Crippen molar-refractivity contribution in [3.05, 3.63) is 48.0 Å². The van der Waals surface area contributed by atoms with E-state index in [1.54, 1.807) is 6.07 Å². The Kier molecular flexibility index (Phi) is 5.08. The molecule has 0 bridgehead atoms. The minimum atomic E-state index is -4.42. The molecule has 1 fully saturated rings. The van der Waals surface area contributed by atoms with Crippen molar-refractivity contribution in [2.45, 2.75) is 18.5 Å². The lowest BCUT2D eigenvalue weighted by atomic mass is 10.0. The molecule has 2 N–H and O–H groups in total. The summed E-state index contributed by atoms with van der Waals surface area (Å²) in [7, 11) is 0. The second-order valence-corrected chi connectivity index (χ2v) is 5.32. The molecule has 23 heavy (non-hydrogen) atoms. The zero-order chi connectivity index (χ0) is 17.0. The molecule has 2 atom stereocenters. The minimum Gasteiger partial charge on any atom is -0.354 e. The molecule has 0 heterocycles. The highest BCUT2D eigenvalue weighted by Gasteiger charge is 2.47. The molecule has 1 aliphatic rings. The van der Waals surface area contributed by atoms with Crippen LogP contribution in [0.1, 0.15) is 23.5 Å². The summed E-state index contributed by atoms with van der Waals surface area (Å²) >= 11 is 0. The van der Waals surface area contributed by atoms with Crippen LogP contribution < -0.4 is 10.6 Å². The van der Waals surface area contributed by atoms with Gasteiger partial charge >= 0.3 is 6.18 Å². The molecule has 2 rings (SSSR count). The van der Waals surface area contributed by atoms with Crippen molar-refractivity contribution in [2.24, 2.45) is 5.92 Å². The first-order valence-corrected chi connectivity index (χ1v) is 7.18. The third-order valence-corrected chi connectivity index (χ3v) is 3.70. The van der Waals surface area contributed by atoms with E-state index in [1.807, 2.05) is 0 Å². The highest BCUT2D eigenvalue weighted by molar-refractivity contribution is 5.87. The van der Waals surface area contributed by atoms with Crippen molar-refractivity contribution < 1.29 is 22.8 Å². The summed E-state index contributed by atoms with van der Waals surface area (Å²) in [4.78, 5) is 22.9. The van der Waals surface area contributed by atoms with E-state index in [0.29, 0.717) is 6.42 Å². The van der Waals surface area contributed by atoms with Gasteiger partial charge in [-0.05, 0) is 30.0 Å². The Morgan fingerprint density at radius 2 is 1.87 bits per heavy atom. The normalized spacial score (nSPS) is 19.8. The predicted octanol–water partition coefficient (Wildman–Crippen LogP) is 2.23. The van der Waals surface area contributed by atoms with Crippen LogP contribution in [-0.2, 0) is 15.8 Å². The molecule has 0 unspecified atom stereocenters. The summed E-state index contributed by atoms with van der Waals surface area (Å²) in [6.45, 7) is 3.76. The molecule has 1 saturated carbocycles. The van der Waals surface area contributed by atoms with Crippen LogP contribution >= 0.6 is 0 Å². The van der Waals surface area contributed by atoms with E-state index in [4.69, 9.17) is 0 Å². The second-order valence-electron chi connectivity index (χ2n) is 5.32. The average Bonchev–Trinajstić information content (AvgIpc) is 3.30. The van der Waals surface area contributed by atoms with E-state index < -0.39 is 23.6 Å². The molecular formula is C16H17F3N2O2. The molecule has 1 aromatic carbocycles. The lowest BCUT2D eigenvalue weighted by molar-refractivity contribution is -0.138. The lowest BCUT2D eigenvalue weighted by Crippen LogP contribution is -2.34. The largest absolute Gasteiger partial charge is 0.416 e. The van der Waals surface area contributed by atoms with Gasteiger partial charge in [0.15, 0.2) is 0 Å². The van der Waals surface area contributed by atoms with Crippen molar-refractivity contribution in [3.63, 3.8) is 0 Å². The number of carbonyl (C=O) groups excluding carboxylic acids is 2. The maximum absolute atomic E-state index is 13.0. The number of halogens is 3. The maximum Gasteiger partial charge on any atom is 0.416 e. The summed E-state index contributed by atoms with van der Waals surface area (Å²) in [6.07, 6.45) is -2.90. The molecule has 0 radical (unpaired) electrons. The summed E-state index contributed by atoms with van der Waals surface area (Å²) < 4.78 is 38.9. The van der Waals surface area contributed by atoms with Crippen LogP contribution in [0.4, 0.5) is 13.2 Å². The van der Waals surface area contributed by atoms with Gasteiger partial charge in [-0.2, -0.15) is 13.2 Å². The first-order valence-electron chi connectivity index (χ1n) is 7.18. The minimum absolute atomic E-state index is 0.167. The van der Waals surface area contributed by atoms with Crippen LogP contribution in [0.5, 0.6) is 0 Å². The molecule has 124 valence electrons. The first kappa shape index (κ1) is 17.1. The van der Waals surface area contributed by atoms with Crippen LogP contribution in [0.3, 0.4) is 0 Å². The van der Waals surface area contributed by atoms with Crippen LogP contribution in [0.25, 0.3) is 0 Å². The van der Waals surface area contributed by atoms with Gasteiger partial charge in [-0.15, -0.1) is 0 Å². The summed E-state index contributed by atoms with van der Waals surface area (Å²) in [5.41, 5.74) is -0.515. The molecule has 1 aliphatic carbocycles. The third-order valence-electron chi connectivity index (χ3n) is 3.70. The van der Waals surface area contributed by atoms with Crippen molar-refractivity contribution in [1.82, 2.24) is 10.6 Å². The van der Waals surface area contributed by atoms with Crippen LogP contribution in [-0.4, -0.2) is 24.9 Å². The highest BCUT2D eigenvalue weighted by Crippen LogP contribution is 2.50. The molecular weight excluding hydrogens is 309 g/mol. The van der Waals surface area contributed by atoms with Gasteiger partial charge in [0, 0.05) is 19.0 Å². The summed E-state index contributed by atoms with van der Waals surface area (Å²) in [6, 6.07) is 5.34. The van der Waals surface area contributed by atoms with Gasteiger partial charge < -0.3 is 10.6 Å². The van der Waals surface area contributed by atoms with E-state index in [9.17, 15) is 22.8 Å². The number of alkyl halides is 3. The third kappa shape index (κ3) is 4.34. The fourth-order valence-corrected chi connectivity index (χ4v) is 2.48. The molecule has 0 aromatic heterocycles. The van der Waals surface area contributed by atoms with Gasteiger partial charge in [-0.3, -0.25) is 9.59 Å². The molecule has 4 nitrogen and oxygen atoms in total. The monoisotopic (exact) mass is 326 g/mol. The highest BCUT2D eigenvalue weighted by atomic mass is 19.4. The van der Waals surface area contributed by atoms with Crippen molar-refractivity contribution >= 4 is 11.8 Å². The lowest BCUT2D eigenvalue weighted by Gasteiger charge is -2.12. The smallest absolute Gasteiger partial charge is 0.354 e. The average molecular weight is 326 g/mol. The maximum atomic E-state index is 13.0. The standard InChI is InChI=1S/C16H17F3N2O2/c1-2-14(22)20-7-8-21-15(23)12-9-11(12)10-5-3-4-6-13(10)16(17,18)19/h2-6,11-12H,1,7-9H2,(H,20,22)(H,21,23)/t11-,12+/m0/s1. The van der Waals surface area contributed by atoms with Gasteiger partial charge in [-0.1, -0.05) is 24.8 Å². The Balaban J connectivity index is 1.89. The van der Waals surface area contributed by atoms with Crippen LogP contribution in [0.2, 0.25) is 0 Å². The Hall–Kier alpha value is -2.31.